The van der Waals surface area contributed by atoms with Gasteiger partial charge in [0.1, 0.15) is 11.3 Å². The van der Waals surface area contributed by atoms with Gasteiger partial charge in [-0.1, -0.05) is 29.0 Å². The van der Waals surface area contributed by atoms with Crippen LogP contribution in [-0.2, 0) is 6.54 Å². The maximum absolute atomic E-state index is 14.3. The van der Waals surface area contributed by atoms with Gasteiger partial charge in [0.05, 0.1) is 16.9 Å². The zero-order chi connectivity index (χ0) is 22.3. The van der Waals surface area contributed by atoms with Crippen LogP contribution in [0.4, 0.5) is 13.9 Å². The topological polar surface area (TPSA) is 51.0 Å². The minimum Gasteiger partial charge on any atom is -0.282 e. The van der Waals surface area contributed by atoms with E-state index in [4.69, 9.17) is 0 Å². The van der Waals surface area contributed by atoms with E-state index in [1.54, 1.807) is 0 Å². The summed E-state index contributed by atoms with van der Waals surface area (Å²) in [5.41, 5.74) is 4.29. The standard InChI is InChI=1S/C23H22F2N4OS/c1-13-5-6-14(2)18(9-13)22(30)28(7-8-29-16(4)10-15(3)27-29)23-26-21-19(25)11-17(24)12-20(21)31-23/h5-6,9-12H,7-8H2,1-4H3. The van der Waals surface area contributed by atoms with E-state index in [9.17, 15) is 13.6 Å². The average Bonchev–Trinajstić information content (AvgIpc) is 3.26. The van der Waals surface area contributed by atoms with Gasteiger partial charge in [0.2, 0.25) is 0 Å². The summed E-state index contributed by atoms with van der Waals surface area (Å²) in [6, 6.07) is 9.69. The molecule has 0 atom stereocenters. The summed E-state index contributed by atoms with van der Waals surface area (Å²) >= 11 is 1.10. The number of carbonyl (C=O) groups is 1. The largest absolute Gasteiger partial charge is 0.282 e. The normalized spacial score (nSPS) is 11.3. The molecule has 0 N–H and O–H groups in total. The number of thiazole rings is 1. The Bertz CT molecular complexity index is 1290. The highest BCUT2D eigenvalue weighted by Crippen LogP contribution is 2.32. The first-order chi connectivity index (χ1) is 14.7. The lowest BCUT2D eigenvalue weighted by Crippen LogP contribution is -2.34. The number of aryl methyl sites for hydroxylation is 4. The van der Waals surface area contributed by atoms with Crippen molar-refractivity contribution in [3.8, 4) is 0 Å². The SMILES string of the molecule is Cc1ccc(C)c(C(=O)N(CCn2nc(C)cc2C)c2nc3c(F)cc(F)cc3s2)c1. The molecule has 0 fully saturated rings. The summed E-state index contributed by atoms with van der Waals surface area (Å²) in [5.74, 6) is -1.65. The van der Waals surface area contributed by atoms with Crippen molar-refractivity contribution in [2.24, 2.45) is 0 Å². The molecule has 2 aromatic heterocycles. The molecule has 2 aromatic carbocycles. The molecule has 0 saturated carbocycles. The lowest BCUT2D eigenvalue weighted by molar-refractivity contribution is 0.0985. The Kier molecular flexibility index (Phi) is 5.58. The van der Waals surface area contributed by atoms with Crippen LogP contribution in [0.2, 0.25) is 0 Å². The monoisotopic (exact) mass is 440 g/mol. The Labute approximate surface area is 183 Å². The first kappa shape index (κ1) is 21.1. The summed E-state index contributed by atoms with van der Waals surface area (Å²) in [4.78, 5) is 19.4. The lowest BCUT2D eigenvalue weighted by atomic mass is 10.0. The number of hydrogen-bond acceptors (Lipinski definition) is 4. The van der Waals surface area contributed by atoms with Gasteiger partial charge in [-0.2, -0.15) is 5.10 Å². The van der Waals surface area contributed by atoms with Crippen LogP contribution >= 0.6 is 11.3 Å². The van der Waals surface area contributed by atoms with E-state index in [2.05, 4.69) is 10.1 Å². The van der Waals surface area contributed by atoms with Gasteiger partial charge in [-0.25, -0.2) is 13.8 Å². The van der Waals surface area contributed by atoms with Crippen LogP contribution in [-0.4, -0.2) is 27.2 Å². The lowest BCUT2D eigenvalue weighted by Gasteiger charge is -2.21. The molecule has 0 aliphatic heterocycles. The molecular weight excluding hydrogens is 418 g/mol. The zero-order valence-electron chi connectivity index (χ0n) is 17.7. The number of nitrogens with zero attached hydrogens (tertiary/aromatic N) is 4. The number of halogens is 2. The fraction of sp³-hybridized carbons (Fsp3) is 0.261. The fourth-order valence-electron chi connectivity index (χ4n) is 3.55. The number of carbonyl (C=O) groups excluding carboxylic acids is 1. The minimum atomic E-state index is -0.741. The Hall–Kier alpha value is -3.13. The molecule has 0 aliphatic rings. The second-order valence-electron chi connectivity index (χ2n) is 7.66. The van der Waals surface area contributed by atoms with Crippen molar-refractivity contribution < 1.29 is 13.6 Å². The van der Waals surface area contributed by atoms with Crippen LogP contribution in [0.15, 0.2) is 36.4 Å². The summed E-state index contributed by atoms with van der Waals surface area (Å²) in [6.07, 6.45) is 0. The highest BCUT2D eigenvalue weighted by Gasteiger charge is 2.24. The third-order valence-corrected chi connectivity index (χ3v) is 6.17. The van der Waals surface area contributed by atoms with E-state index in [1.165, 1.54) is 11.0 Å². The smallest absolute Gasteiger partial charge is 0.260 e. The molecule has 31 heavy (non-hydrogen) atoms. The third-order valence-electron chi connectivity index (χ3n) is 5.14. The molecular formula is C23H22F2N4OS. The quantitative estimate of drug-likeness (QED) is 0.420. The highest BCUT2D eigenvalue weighted by molar-refractivity contribution is 7.22. The van der Waals surface area contributed by atoms with Crippen molar-refractivity contribution in [3.63, 3.8) is 0 Å². The number of amides is 1. The Morgan fingerprint density at radius 3 is 2.58 bits per heavy atom. The summed E-state index contributed by atoms with van der Waals surface area (Å²) < 4.78 is 30.1. The highest BCUT2D eigenvalue weighted by atomic mass is 32.1. The molecule has 4 rings (SSSR count). The van der Waals surface area contributed by atoms with Gasteiger partial charge in [-0.3, -0.25) is 14.4 Å². The van der Waals surface area contributed by atoms with Gasteiger partial charge in [-0.15, -0.1) is 0 Å². The van der Waals surface area contributed by atoms with E-state index in [0.29, 0.717) is 21.9 Å². The molecule has 0 spiro atoms. The van der Waals surface area contributed by atoms with Gasteiger partial charge in [0.15, 0.2) is 10.9 Å². The molecule has 0 aliphatic carbocycles. The third kappa shape index (κ3) is 4.20. The van der Waals surface area contributed by atoms with E-state index >= 15 is 0 Å². The van der Waals surface area contributed by atoms with Crippen LogP contribution < -0.4 is 4.90 Å². The number of fused-ring (bicyclic) bond motifs is 1. The molecule has 8 heteroatoms. The molecule has 5 nitrogen and oxygen atoms in total. The Morgan fingerprint density at radius 1 is 1.10 bits per heavy atom. The average molecular weight is 441 g/mol. The molecule has 0 radical (unpaired) electrons. The van der Waals surface area contributed by atoms with Gasteiger partial charge in [0, 0.05) is 23.9 Å². The van der Waals surface area contributed by atoms with E-state index < -0.39 is 11.6 Å². The molecule has 160 valence electrons. The molecule has 2 heterocycles. The molecule has 0 unspecified atom stereocenters. The van der Waals surface area contributed by atoms with Crippen LogP contribution in [0.3, 0.4) is 0 Å². The second kappa shape index (κ2) is 8.19. The van der Waals surface area contributed by atoms with Crippen molar-refractivity contribution >= 4 is 32.6 Å². The van der Waals surface area contributed by atoms with Crippen LogP contribution in [0.1, 0.15) is 32.9 Å². The maximum atomic E-state index is 14.3. The van der Waals surface area contributed by atoms with Crippen LogP contribution in [0.5, 0.6) is 0 Å². The Morgan fingerprint density at radius 2 is 1.87 bits per heavy atom. The van der Waals surface area contributed by atoms with Crippen molar-refractivity contribution in [3.05, 3.63) is 76.1 Å². The second-order valence-corrected chi connectivity index (χ2v) is 8.67. The fourth-order valence-corrected chi connectivity index (χ4v) is 4.58. The van der Waals surface area contributed by atoms with Gasteiger partial charge in [-0.05, 0) is 51.5 Å². The predicted molar refractivity (Wildman–Crippen MR) is 119 cm³/mol. The molecule has 0 bridgehead atoms. The summed E-state index contributed by atoms with van der Waals surface area (Å²) in [5, 5.41) is 4.79. The van der Waals surface area contributed by atoms with Crippen LogP contribution in [0, 0.1) is 39.3 Å². The number of hydrogen-bond donors (Lipinski definition) is 0. The first-order valence-corrected chi connectivity index (χ1v) is 10.7. The predicted octanol–water partition coefficient (Wildman–Crippen LogP) is 5.35. The molecule has 4 aromatic rings. The van der Waals surface area contributed by atoms with E-state index in [-0.39, 0.29) is 18.0 Å². The van der Waals surface area contributed by atoms with E-state index in [0.717, 1.165) is 39.9 Å². The summed E-state index contributed by atoms with van der Waals surface area (Å²) in [7, 11) is 0. The maximum Gasteiger partial charge on any atom is 0.260 e. The number of benzene rings is 2. The van der Waals surface area contributed by atoms with Crippen molar-refractivity contribution in [2.45, 2.75) is 34.2 Å². The van der Waals surface area contributed by atoms with Crippen molar-refractivity contribution in [1.29, 1.82) is 0 Å². The number of aromatic nitrogens is 3. The number of anilines is 1. The molecule has 1 amide bonds. The van der Waals surface area contributed by atoms with E-state index in [1.807, 2.05) is 56.6 Å². The van der Waals surface area contributed by atoms with Crippen molar-refractivity contribution in [1.82, 2.24) is 14.8 Å². The first-order valence-electron chi connectivity index (χ1n) is 9.88. The van der Waals surface area contributed by atoms with Gasteiger partial charge < -0.3 is 0 Å². The van der Waals surface area contributed by atoms with Crippen molar-refractivity contribution in [2.75, 3.05) is 11.4 Å². The van der Waals surface area contributed by atoms with Gasteiger partial charge >= 0.3 is 0 Å². The minimum absolute atomic E-state index is 0.0614. The van der Waals surface area contributed by atoms with Gasteiger partial charge in [0.25, 0.3) is 5.91 Å². The molecule has 0 saturated heterocycles. The summed E-state index contributed by atoms with van der Waals surface area (Å²) in [6.45, 7) is 8.40. The Balaban J connectivity index is 1.76. The zero-order valence-corrected chi connectivity index (χ0v) is 18.6. The van der Waals surface area contributed by atoms with Crippen LogP contribution in [0.25, 0.3) is 10.2 Å². The number of rotatable bonds is 5.